The molecule has 0 heterocycles. The predicted octanol–water partition coefficient (Wildman–Crippen LogP) is 8.33. The molecule has 0 bridgehead atoms. The Kier molecular flexibility index (Phi) is 8.58. The van der Waals surface area contributed by atoms with Gasteiger partial charge in [0.2, 0.25) is 0 Å². The van der Waals surface area contributed by atoms with Crippen molar-refractivity contribution in [1.29, 1.82) is 0 Å². The van der Waals surface area contributed by atoms with Gasteiger partial charge in [0.05, 0.1) is 12.5 Å². The van der Waals surface area contributed by atoms with E-state index in [2.05, 4.69) is 110 Å². The van der Waals surface area contributed by atoms with E-state index in [1.54, 1.807) is 0 Å². The lowest BCUT2D eigenvalue weighted by atomic mass is 10.0. The van der Waals surface area contributed by atoms with E-state index >= 15 is 0 Å². The van der Waals surface area contributed by atoms with Gasteiger partial charge in [-0.3, -0.25) is 4.79 Å². The molecule has 0 aliphatic rings. The summed E-state index contributed by atoms with van der Waals surface area (Å²) in [5, 5.41) is 0. The average molecular weight is 490 g/mol. The van der Waals surface area contributed by atoms with Crippen molar-refractivity contribution in [2.24, 2.45) is 5.92 Å². The van der Waals surface area contributed by atoms with Crippen LogP contribution in [0.3, 0.4) is 0 Å². The van der Waals surface area contributed by atoms with Crippen LogP contribution in [0.5, 0.6) is 5.75 Å². The van der Waals surface area contributed by atoms with Crippen molar-refractivity contribution >= 4 is 22.8 Å². The molecule has 0 aliphatic heterocycles. The Morgan fingerprint density at radius 3 is 1.57 bits per heavy atom. The molecule has 188 valence electrons. The number of hydrogen-bond donors (Lipinski definition) is 0. The van der Waals surface area contributed by atoms with Gasteiger partial charge < -0.3 is 9.64 Å². The minimum atomic E-state index is -0.187. The van der Waals surface area contributed by atoms with Crippen LogP contribution in [0.1, 0.15) is 29.2 Å². The third kappa shape index (κ3) is 6.98. The number of aryl methyl sites for hydroxylation is 4. The van der Waals surface area contributed by atoms with E-state index in [0.29, 0.717) is 6.61 Å². The summed E-state index contributed by atoms with van der Waals surface area (Å²) in [6.07, 6.45) is 3.26. The first kappa shape index (κ1) is 26.0. The van der Waals surface area contributed by atoms with Gasteiger partial charge in [-0.15, -0.1) is 0 Å². The zero-order valence-electron chi connectivity index (χ0n) is 22.0. The molecule has 1 atom stereocenters. The first-order valence-corrected chi connectivity index (χ1v) is 12.8. The van der Waals surface area contributed by atoms with E-state index < -0.39 is 0 Å². The van der Waals surface area contributed by atoms with Gasteiger partial charge in [0.15, 0.2) is 5.78 Å². The van der Waals surface area contributed by atoms with Crippen LogP contribution in [0.25, 0.3) is 0 Å². The van der Waals surface area contributed by atoms with Gasteiger partial charge in [-0.1, -0.05) is 73.2 Å². The highest BCUT2D eigenvalue weighted by molar-refractivity contribution is 5.91. The summed E-state index contributed by atoms with van der Waals surface area (Å²) in [7, 11) is 0. The molecule has 0 N–H and O–H groups in total. The van der Waals surface area contributed by atoms with Crippen LogP contribution in [0, 0.1) is 19.8 Å². The standard InChI is InChI=1S/C34H35NO2/c1-5-34(36)27(4)24-37-33-22-14-29(15-23-33)11-10-28-12-20-32(21-13-28)35(30-16-6-25(2)7-17-30)31-18-8-26(3)9-19-31/h5-9,12-23,27H,1,10-11,24H2,2-4H3. The van der Waals surface area contributed by atoms with Crippen LogP contribution in [0.15, 0.2) is 110 Å². The van der Waals surface area contributed by atoms with E-state index in [-0.39, 0.29) is 11.7 Å². The largest absolute Gasteiger partial charge is 0.493 e. The summed E-state index contributed by atoms with van der Waals surface area (Å²) in [6, 6.07) is 34.3. The number of ether oxygens (including phenoxy) is 1. The molecule has 0 fully saturated rings. The minimum Gasteiger partial charge on any atom is -0.493 e. The van der Waals surface area contributed by atoms with Gasteiger partial charge in [0.1, 0.15) is 5.75 Å². The quantitative estimate of drug-likeness (QED) is 0.198. The van der Waals surface area contributed by atoms with Gasteiger partial charge in [-0.2, -0.15) is 0 Å². The monoisotopic (exact) mass is 489 g/mol. The lowest BCUT2D eigenvalue weighted by molar-refractivity contribution is -0.118. The molecule has 4 aromatic rings. The Hall–Kier alpha value is -4.11. The fraction of sp³-hybridized carbons (Fsp3) is 0.206. The van der Waals surface area contributed by atoms with Gasteiger partial charge in [0.25, 0.3) is 0 Å². The van der Waals surface area contributed by atoms with E-state index in [1.165, 1.54) is 28.3 Å². The second-order valence-corrected chi connectivity index (χ2v) is 9.64. The molecule has 37 heavy (non-hydrogen) atoms. The lowest BCUT2D eigenvalue weighted by Crippen LogP contribution is -2.16. The number of ketones is 1. The summed E-state index contributed by atoms with van der Waals surface area (Å²) >= 11 is 0. The maximum absolute atomic E-state index is 11.6. The molecule has 3 heteroatoms. The zero-order valence-corrected chi connectivity index (χ0v) is 22.0. The van der Waals surface area contributed by atoms with Crippen molar-refractivity contribution in [3.8, 4) is 5.75 Å². The number of allylic oxidation sites excluding steroid dienone is 1. The molecule has 0 aromatic heterocycles. The molecular formula is C34H35NO2. The SMILES string of the molecule is C=CC(=O)C(C)COc1ccc(CCc2ccc(N(c3ccc(C)cc3)c3ccc(C)cc3)cc2)cc1. The van der Waals surface area contributed by atoms with E-state index in [4.69, 9.17) is 4.74 Å². The summed E-state index contributed by atoms with van der Waals surface area (Å²) in [5.74, 6) is 0.598. The van der Waals surface area contributed by atoms with E-state index in [0.717, 1.165) is 35.7 Å². The zero-order chi connectivity index (χ0) is 26.2. The van der Waals surface area contributed by atoms with E-state index in [1.807, 2.05) is 19.1 Å². The van der Waals surface area contributed by atoms with Crippen LogP contribution in [-0.4, -0.2) is 12.4 Å². The summed E-state index contributed by atoms with van der Waals surface area (Å²) in [5.41, 5.74) is 8.49. The number of carbonyl (C=O) groups is 1. The Morgan fingerprint density at radius 1 is 0.730 bits per heavy atom. The molecule has 0 radical (unpaired) electrons. The van der Waals surface area contributed by atoms with Crippen molar-refractivity contribution in [3.63, 3.8) is 0 Å². The normalized spacial score (nSPS) is 11.5. The van der Waals surface area contributed by atoms with E-state index in [9.17, 15) is 4.79 Å². The fourth-order valence-electron chi connectivity index (χ4n) is 4.19. The molecule has 0 saturated carbocycles. The highest BCUT2D eigenvalue weighted by Gasteiger charge is 2.13. The van der Waals surface area contributed by atoms with Crippen molar-refractivity contribution < 1.29 is 9.53 Å². The first-order valence-electron chi connectivity index (χ1n) is 12.8. The second kappa shape index (κ2) is 12.2. The maximum atomic E-state index is 11.6. The highest BCUT2D eigenvalue weighted by Crippen LogP contribution is 2.34. The molecule has 0 aliphatic carbocycles. The number of benzene rings is 4. The number of nitrogens with zero attached hydrogens (tertiary/aromatic N) is 1. The van der Waals surface area contributed by atoms with Crippen molar-refractivity contribution in [2.75, 3.05) is 11.5 Å². The molecular weight excluding hydrogens is 454 g/mol. The van der Waals surface area contributed by atoms with Crippen molar-refractivity contribution in [1.82, 2.24) is 0 Å². The summed E-state index contributed by atoms with van der Waals surface area (Å²) < 4.78 is 5.76. The number of carbonyl (C=O) groups excluding carboxylic acids is 1. The Labute approximate surface area is 221 Å². The van der Waals surface area contributed by atoms with Crippen LogP contribution in [0.4, 0.5) is 17.1 Å². The second-order valence-electron chi connectivity index (χ2n) is 9.64. The molecule has 0 spiro atoms. The maximum Gasteiger partial charge on any atom is 0.161 e. The van der Waals surface area contributed by atoms with Gasteiger partial charge in [-0.05, 0) is 92.4 Å². The predicted molar refractivity (Wildman–Crippen MR) is 154 cm³/mol. The van der Waals surface area contributed by atoms with Gasteiger partial charge in [-0.25, -0.2) is 0 Å². The third-order valence-electron chi connectivity index (χ3n) is 6.59. The number of anilines is 3. The highest BCUT2D eigenvalue weighted by atomic mass is 16.5. The molecule has 0 amide bonds. The topological polar surface area (TPSA) is 29.5 Å². The number of hydrogen-bond acceptors (Lipinski definition) is 3. The van der Waals surface area contributed by atoms with Gasteiger partial charge in [0, 0.05) is 17.1 Å². The molecule has 4 aromatic carbocycles. The summed E-state index contributed by atoms with van der Waals surface area (Å²) in [6.45, 7) is 9.97. The van der Waals surface area contributed by atoms with Crippen LogP contribution in [0.2, 0.25) is 0 Å². The summed E-state index contributed by atoms with van der Waals surface area (Å²) in [4.78, 5) is 13.9. The third-order valence-corrected chi connectivity index (χ3v) is 6.59. The molecule has 0 saturated heterocycles. The Bertz CT molecular complexity index is 1260. The molecule has 1 unspecified atom stereocenters. The minimum absolute atomic E-state index is 0.00323. The van der Waals surface area contributed by atoms with Crippen molar-refractivity contribution in [2.45, 2.75) is 33.6 Å². The lowest BCUT2D eigenvalue weighted by Gasteiger charge is -2.26. The van der Waals surface area contributed by atoms with Crippen LogP contribution in [-0.2, 0) is 17.6 Å². The van der Waals surface area contributed by atoms with Crippen LogP contribution < -0.4 is 9.64 Å². The Morgan fingerprint density at radius 2 is 1.14 bits per heavy atom. The van der Waals surface area contributed by atoms with Gasteiger partial charge >= 0.3 is 0 Å². The molecule has 4 rings (SSSR count). The van der Waals surface area contributed by atoms with Crippen molar-refractivity contribution in [3.05, 3.63) is 132 Å². The van der Waals surface area contributed by atoms with Crippen LogP contribution >= 0.6 is 0 Å². The Balaban J connectivity index is 1.41. The first-order chi connectivity index (χ1) is 17.9. The smallest absolute Gasteiger partial charge is 0.161 e. The average Bonchev–Trinajstić information content (AvgIpc) is 2.93. The number of rotatable bonds is 11. The fourth-order valence-corrected chi connectivity index (χ4v) is 4.19. The molecule has 3 nitrogen and oxygen atoms in total.